The number of esters is 1. The summed E-state index contributed by atoms with van der Waals surface area (Å²) in [6.07, 6.45) is 1.89. The van der Waals surface area contributed by atoms with E-state index in [9.17, 15) is 9.59 Å². The lowest BCUT2D eigenvalue weighted by Gasteiger charge is -2.37. The highest BCUT2D eigenvalue weighted by Gasteiger charge is 2.41. The number of amides is 1. The van der Waals surface area contributed by atoms with Gasteiger partial charge >= 0.3 is 5.97 Å². The summed E-state index contributed by atoms with van der Waals surface area (Å²) >= 11 is 0. The Morgan fingerprint density at radius 3 is 2.69 bits per heavy atom. The highest BCUT2D eigenvalue weighted by molar-refractivity contribution is 6.38. The molecule has 0 spiro atoms. The van der Waals surface area contributed by atoms with Gasteiger partial charge in [0, 0.05) is 25.4 Å². The first-order valence-electron chi connectivity index (χ1n) is 10.3. The van der Waals surface area contributed by atoms with Crippen LogP contribution in [0, 0.1) is 5.92 Å². The molecule has 0 radical (unpaired) electrons. The number of benzene rings is 1. The first kappa shape index (κ1) is 19.8. The van der Waals surface area contributed by atoms with Crippen molar-refractivity contribution in [1.82, 2.24) is 4.90 Å². The van der Waals surface area contributed by atoms with E-state index in [0.717, 1.165) is 18.5 Å². The Hall–Kier alpha value is -2.45. The number of hydrazone groups is 1. The van der Waals surface area contributed by atoms with Crippen molar-refractivity contribution >= 4 is 23.3 Å². The molecule has 8 nitrogen and oxygen atoms in total. The molecule has 1 aromatic carbocycles. The SMILES string of the molecule is CCOC(=O)C1=NN(c2ccccc2)C(C(=O)N2CCCC(C3OCCO3)C2)C1. The summed E-state index contributed by atoms with van der Waals surface area (Å²) < 4.78 is 16.4. The van der Waals surface area contributed by atoms with Crippen LogP contribution in [0.4, 0.5) is 5.69 Å². The minimum Gasteiger partial charge on any atom is -0.461 e. The van der Waals surface area contributed by atoms with Crippen LogP contribution in [0.1, 0.15) is 26.2 Å². The van der Waals surface area contributed by atoms with E-state index < -0.39 is 12.0 Å². The first-order valence-corrected chi connectivity index (χ1v) is 10.3. The van der Waals surface area contributed by atoms with Crippen LogP contribution in [0.15, 0.2) is 35.4 Å². The minimum absolute atomic E-state index is 0.0281. The molecule has 0 N–H and O–H groups in total. The van der Waals surface area contributed by atoms with Crippen molar-refractivity contribution in [3.63, 3.8) is 0 Å². The second-order valence-electron chi connectivity index (χ2n) is 7.46. The largest absolute Gasteiger partial charge is 0.461 e. The predicted molar refractivity (Wildman–Crippen MR) is 106 cm³/mol. The van der Waals surface area contributed by atoms with Gasteiger partial charge in [-0.2, -0.15) is 5.10 Å². The molecule has 2 atom stereocenters. The molecule has 0 bridgehead atoms. The van der Waals surface area contributed by atoms with E-state index in [2.05, 4.69) is 5.10 Å². The molecule has 29 heavy (non-hydrogen) atoms. The molecule has 4 rings (SSSR count). The summed E-state index contributed by atoms with van der Waals surface area (Å²) in [5.74, 6) is -0.320. The van der Waals surface area contributed by atoms with Crippen molar-refractivity contribution in [2.75, 3.05) is 37.9 Å². The number of carbonyl (C=O) groups excluding carboxylic acids is 2. The maximum atomic E-state index is 13.4. The highest BCUT2D eigenvalue weighted by Crippen LogP contribution is 2.29. The third-order valence-electron chi connectivity index (χ3n) is 5.53. The monoisotopic (exact) mass is 401 g/mol. The van der Waals surface area contributed by atoms with Gasteiger partial charge in [0.15, 0.2) is 6.29 Å². The molecule has 8 heteroatoms. The Kier molecular flexibility index (Phi) is 6.10. The van der Waals surface area contributed by atoms with Crippen molar-refractivity contribution in [1.29, 1.82) is 0 Å². The molecule has 0 aliphatic carbocycles. The van der Waals surface area contributed by atoms with Gasteiger partial charge in [-0.25, -0.2) is 4.79 Å². The third-order valence-corrected chi connectivity index (χ3v) is 5.53. The number of carbonyl (C=O) groups is 2. The second-order valence-corrected chi connectivity index (χ2v) is 7.46. The Morgan fingerprint density at radius 2 is 1.97 bits per heavy atom. The van der Waals surface area contributed by atoms with Gasteiger partial charge in [-0.1, -0.05) is 18.2 Å². The van der Waals surface area contributed by atoms with Crippen LogP contribution < -0.4 is 5.01 Å². The topological polar surface area (TPSA) is 80.7 Å². The summed E-state index contributed by atoms with van der Waals surface area (Å²) in [6, 6.07) is 8.90. The van der Waals surface area contributed by atoms with Gasteiger partial charge in [0.2, 0.25) is 5.91 Å². The average molecular weight is 401 g/mol. The fourth-order valence-corrected chi connectivity index (χ4v) is 4.15. The van der Waals surface area contributed by atoms with Gasteiger partial charge in [0.05, 0.1) is 25.5 Å². The maximum Gasteiger partial charge on any atom is 0.354 e. The zero-order chi connectivity index (χ0) is 20.2. The highest BCUT2D eigenvalue weighted by atomic mass is 16.7. The van der Waals surface area contributed by atoms with E-state index >= 15 is 0 Å². The Morgan fingerprint density at radius 1 is 1.21 bits per heavy atom. The molecule has 1 aromatic rings. The normalized spacial score (nSPS) is 25.2. The quantitative estimate of drug-likeness (QED) is 0.700. The molecule has 3 aliphatic rings. The lowest BCUT2D eigenvalue weighted by molar-refractivity contribution is -0.140. The van der Waals surface area contributed by atoms with Crippen LogP contribution in [-0.4, -0.2) is 67.7 Å². The number of hydrogen-bond donors (Lipinski definition) is 0. The smallest absolute Gasteiger partial charge is 0.354 e. The minimum atomic E-state index is -0.555. The zero-order valence-electron chi connectivity index (χ0n) is 16.7. The summed E-state index contributed by atoms with van der Waals surface area (Å²) in [6.45, 7) is 4.53. The van der Waals surface area contributed by atoms with Crippen LogP contribution in [0.5, 0.6) is 0 Å². The van der Waals surface area contributed by atoms with E-state index in [1.165, 1.54) is 0 Å². The van der Waals surface area contributed by atoms with Crippen LogP contribution in [0.3, 0.4) is 0 Å². The molecular formula is C21H27N3O5. The van der Waals surface area contributed by atoms with Gasteiger partial charge in [0.1, 0.15) is 11.8 Å². The molecule has 3 heterocycles. The van der Waals surface area contributed by atoms with E-state index in [1.807, 2.05) is 35.2 Å². The van der Waals surface area contributed by atoms with Gasteiger partial charge in [-0.05, 0) is 31.9 Å². The fraction of sp³-hybridized carbons (Fsp3) is 0.571. The molecule has 3 aliphatic heterocycles. The van der Waals surface area contributed by atoms with Gasteiger partial charge in [0.25, 0.3) is 0 Å². The Labute approximate surface area is 170 Å². The van der Waals surface area contributed by atoms with Gasteiger partial charge in [-0.15, -0.1) is 0 Å². The van der Waals surface area contributed by atoms with Crippen LogP contribution >= 0.6 is 0 Å². The first-order chi connectivity index (χ1) is 14.2. The third kappa shape index (κ3) is 4.28. The molecule has 2 saturated heterocycles. The summed E-state index contributed by atoms with van der Waals surface area (Å²) in [7, 11) is 0. The molecule has 2 fully saturated rings. The number of anilines is 1. The molecule has 156 valence electrons. The summed E-state index contributed by atoms with van der Waals surface area (Å²) in [4.78, 5) is 27.6. The molecule has 1 amide bonds. The zero-order valence-corrected chi connectivity index (χ0v) is 16.7. The van der Waals surface area contributed by atoms with Crippen LogP contribution in [-0.2, 0) is 23.8 Å². The van der Waals surface area contributed by atoms with Crippen molar-refractivity contribution < 1.29 is 23.8 Å². The lowest BCUT2D eigenvalue weighted by Crippen LogP contribution is -2.50. The number of piperidine rings is 1. The van der Waals surface area contributed by atoms with E-state index in [0.29, 0.717) is 26.3 Å². The van der Waals surface area contributed by atoms with Crippen molar-refractivity contribution in [2.45, 2.75) is 38.5 Å². The van der Waals surface area contributed by atoms with Gasteiger partial charge < -0.3 is 19.1 Å². The standard InChI is InChI=1S/C21H27N3O5/c1-2-27-20(26)17-13-18(24(22-17)16-8-4-3-5-9-16)19(25)23-10-6-7-15(14-23)21-28-11-12-29-21/h3-5,8-9,15,18,21H,2,6-7,10-14H2,1H3. The molecule has 0 saturated carbocycles. The molecular weight excluding hydrogens is 374 g/mol. The predicted octanol–water partition coefficient (Wildman–Crippen LogP) is 1.80. The maximum absolute atomic E-state index is 13.4. The van der Waals surface area contributed by atoms with Crippen molar-refractivity contribution in [3.05, 3.63) is 30.3 Å². The Bertz CT molecular complexity index is 763. The summed E-state index contributed by atoms with van der Waals surface area (Å²) in [5, 5.41) is 6.10. The average Bonchev–Trinajstić information content (AvgIpc) is 3.45. The molecule has 2 unspecified atom stereocenters. The van der Waals surface area contributed by atoms with E-state index in [4.69, 9.17) is 14.2 Å². The Balaban J connectivity index is 1.51. The van der Waals surface area contributed by atoms with Crippen LogP contribution in [0.25, 0.3) is 0 Å². The van der Waals surface area contributed by atoms with Crippen molar-refractivity contribution in [3.8, 4) is 0 Å². The van der Waals surface area contributed by atoms with E-state index in [1.54, 1.807) is 11.9 Å². The number of rotatable bonds is 5. The number of ether oxygens (including phenoxy) is 3. The van der Waals surface area contributed by atoms with Gasteiger partial charge in [-0.3, -0.25) is 9.80 Å². The number of nitrogens with zero attached hydrogens (tertiary/aromatic N) is 3. The number of hydrogen-bond acceptors (Lipinski definition) is 7. The van der Waals surface area contributed by atoms with E-state index in [-0.39, 0.29) is 36.9 Å². The van der Waals surface area contributed by atoms with Crippen molar-refractivity contribution in [2.24, 2.45) is 11.0 Å². The lowest BCUT2D eigenvalue weighted by atomic mass is 9.96. The second kappa shape index (κ2) is 8.92. The molecule has 0 aromatic heterocycles. The number of para-hydroxylation sites is 1. The fourth-order valence-electron chi connectivity index (χ4n) is 4.15. The number of likely N-dealkylation sites (tertiary alicyclic amines) is 1. The van der Waals surface area contributed by atoms with Crippen LogP contribution in [0.2, 0.25) is 0 Å². The summed E-state index contributed by atoms with van der Waals surface area (Å²) in [5.41, 5.74) is 1.06.